The lowest BCUT2D eigenvalue weighted by atomic mass is 10.1. The van der Waals surface area contributed by atoms with Crippen molar-refractivity contribution in [3.63, 3.8) is 0 Å². The van der Waals surface area contributed by atoms with E-state index in [9.17, 15) is 9.59 Å². The van der Waals surface area contributed by atoms with E-state index in [0.717, 1.165) is 30.7 Å². The molecule has 0 bridgehead atoms. The SMILES string of the molecule is O=C(C[C@@H]1CCCO1)NCc1cccc(N2CCOC2=O)c1. The second-order valence-electron chi connectivity index (χ2n) is 5.55. The van der Waals surface area contributed by atoms with Crippen LogP contribution in [0.2, 0.25) is 0 Å². The van der Waals surface area contributed by atoms with E-state index in [0.29, 0.717) is 26.1 Å². The van der Waals surface area contributed by atoms with Crippen LogP contribution in [0.3, 0.4) is 0 Å². The number of anilines is 1. The zero-order valence-electron chi connectivity index (χ0n) is 12.4. The maximum atomic E-state index is 11.9. The summed E-state index contributed by atoms with van der Waals surface area (Å²) in [5, 5.41) is 2.90. The molecule has 2 aliphatic heterocycles. The third-order valence-electron chi connectivity index (χ3n) is 3.91. The highest BCUT2D eigenvalue weighted by atomic mass is 16.6. The normalized spacial score (nSPS) is 21.0. The Balaban J connectivity index is 1.54. The van der Waals surface area contributed by atoms with Crippen LogP contribution in [-0.4, -0.2) is 37.9 Å². The van der Waals surface area contributed by atoms with Gasteiger partial charge in [0, 0.05) is 18.8 Å². The van der Waals surface area contributed by atoms with Crippen LogP contribution in [0.4, 0.5) is 10.5 Å². The van der Waals surface area contributed by atoms with Gasteiger partial charge in [-0.15, -0.1) is 0 Å². The first-order chi connectivity index (χ1) is 10.7. The van der Waals surface area contributed by atoms with E-state index >= 15 is 0 Å². The summed E-state index contributed by atoms with van der Waals surface area (Å²) in [4.78, 5) is 25.1. The van der Waals surface area contributed by atoms with Gasteiger partial charge in [-0.3, -0.25) is 9.69 Å². The predicted octanol–water partition coefficient (Wildman–Crippen LogP) is 1.83. The minimum atomic E-state index is -0.320. The van der Waals surface area contributed by atoms with Crippen molar-refractivity contribution < 1.29 is 19.1 Å². The fourth-order valence-electron chi connectivity index (χ4n) is 2.75. The Morgan fingerprint density at radius 2 is 2.27 bits per heavy atom. The Morgan fingerprint density at radius 3 is 3.00 bits per heavy atom. The smallest absolute Gasteiger partial charge is 0.414 e. The first-order valence-corrected chi connectivity index (χ1v) is 7.64. The molecule has 6 heteroatoms. The average Bonchev–Trinajstić information content (AvgIpc) is 3.17. The van der Waals surface area contributed by atoms with E-state index < -0.39 is 0 Å². The van der Waals surface area contributed by atoms with Crippen molar-refractivity contribution in [2.75, 3.05) is 24.7 Å². The molecule has 2 saturated heterocycles. The summed E-state index contributed by atoms with van der Waals surface area (Å²) in [5.41, 5.74) is 1.76. The van der Waals surface area contributed by atoms with E-state index in [2.05, 4.69) is 5.32 Å². The largest absolute Gasteiger partial charge is 0.447 e. The summed E-state index contributed by atoms with van der Waals surface area (Å²) in [7, 11) is 0. The molecule has 0 radical (unpaired) electrons. The van der Waals surface area contributed by atoms with Gasteiger partial charge in [-0.05, 0) is 30.5 Å². The molecule has 0 saturated carbocycles. The van der Waals surface area contributed by atoms with Gasteiger partial charge in [-0.1, -0.05) is 12.1 Å². The summed E-state index contributed by atoms with van der Waals surface area (Å²) in [6.07, 6.45) is 2.15. The molecule has 2 aliphatic rings. The first kappa shape index (κ1) is 14.8. The second-order valence-corrected chi connectivity index (χ2v) is 5.55. The molecule has 2 fully saturated rings. The van der Waals surface area contributed by atoms with E-state index in [4.69, 9.17) is 9.47 Å². The number of amides is 2. The van der Waals surface area contributed by atoms with Crippen LogP contribution in [0.1, 0.15) is 24.8 Å². The number of ether oxygens (including phenoxy) is 2. The number of benzene rings is 1. The summed E-state index contributed by atoms with van der Waals surface area (Å²) in [6, 6.07) is 7.57. The van der Waals surface area contributed by atoms with Crippen LogP contribution in [0.25, 0.3) is 0 Å². The third-order valence-corrected chi connectivity index (χ3v) is 3.91. The summed E-state index contributed by atoms with van der Waals surface area (Å²) < 4.78 is 10.4. The fraction of sp³-hybridized carbons (Fsp3) is 0.500. The van der Waals surface area contributed by atoms with Crippen molar-refractivity contribution in [2.45, 2.75) is 31.9 Å². The number of hydrogen-bond acceptors (Lipinski definition) is 4. The molecule has 0 aromatic heterocycles. The Bertz CT molecular complexity index is 555. The maximum absolute atomic E-state index is 11.9. The highest BCUT2D eigenvalue weighted by Gasteiger charge is 2.23. The topological polar surface area (TPSA) is 67.9 Å². The molecular formula is C16H20N2O4. The monoisotopic (exact) mass is 304 g/mol. The summed E-state index contributed by atoms with van der Waals surface area (Å²) in [6.45, 7) is 2.18. The van der Waals surface area contributed by atoms with E-state index in [-0.39, 0.29) is 18.1 Å². The summed E-state index contributed by atoms with van der Waals surface area (Å²) >= 11 is 0. The van der Waals surface area contributed by atoms with Crippen LogP contribution in [0.5, 0.6) is 0 Å². The minimum Gasteiger partial charge on any atom is -0.447 e. The van der Waals surface area contributed by atoms with Crippen molar-refractivity contribution in [3.8, 4) is 0 Å². The molecule has 2 amide bonds. The standard InChI is InChI=1S/C16H20N2O4/c19-15(10-14-5-2-7-21-14)17-11-12-3-1-4-13(9-12)18-6-8-22-16(18)20/h1,3-4,9,14H,2,5-8,10-11H2,(H,17,19)/t14-/m0/s1. The maximum Gasteiger partial charge on any atom is 0.414 e. The molecule has 1 atom stereocenters. The van der Waals surface area contributed by atoms with Gasteiger partial charge in [0.2, 0.25) is 5.91 Å². The number of cyclic esters (lactones) is 1. The van der Waals surface area contributed by atoms with Gasteiger partial charge in [0.25, 0.3) is 0 Å². The molecule has 1 aromatic carbocycles. The Labute approximate surface area is 129 Å². The van der Waals surface area contributed by atoms with Gasteiger partial charge in [0.1, 0.15) is 6.61 Å². The van der Waals surface area contributed by atoms with Crippen molar-refractivity contribution in [3.05, 3.63) is 29.8 Å². The zero-order chi connectivity index (χ0) is 15.4. The van der Waals surface area contributed by atoms with E-state index in [1.807, 2.05) is 24.3 Å². The zero-order valence-corrected chi connectivity index (χ0v) is 12.4. The highest BCUT2D eigenvalue weighted by molar-refractivity contribution is 5.89. The van der Waals surface area contributed by atoms with Gasteiger partial charge in [0.05, 0.1) is 19.1 Å². The quantitative estimate of drug-likeness (QED) is 0.901. The van der Waals surface area contributed by atoms with Crippen molar-refractivity contribution in [1.29, 1.82) is 0 Å². The molecule has 118 valence electrons. The van der Waals surface area contributed by atoms with Gasteiger partial charge in [-0.2, -0.15) is 0 Å². The lowest BCUT2D eigenvalue weighted by Crippen LogP contribution is -2.27. The number of carbonyl (C=O) groups excluding carboxylic acids is 2. The molecule has 3 rings (SSSR count). The van der Waals surface area contributed by atoms with Crippen LogP contribution < -0.4 is 10.2 Å². The predicted molar refractivity (Wildman–Crippen MR) is 80.6 cm³/mol. The Kier molecular flexibility index (Phi) is 4.58. The molecule has 1 aromatic rings. The first-order valence-electron chi connectivity index (χ1n) is 7.64. The number of carbonyl (C=O) groups is 2. The lowest BCUT2D eigenvalue weighted by molar-refractivity contribution is -0.123. The van der Waals surface area contributed by atoms with Crippen LogP contribution in [0.15, 0.2) is 24.3 Å². The molecule has 0 unspecified atom stereocenters. The number of rotatable bonds is 5. The molecule has 22 heavy (non-hydrogen) atoms. The van der Waals surface area contributed by atoms with Crippen molar-refractivity contribution >= 4 is 17.7 Å². The van der Waals surface area contributed by atoms with Gasteiger partial charge in [0.15, 0.2) is 0 Å². The van der Waals surface area contributed by atoms with Crippen LogP contribution in [-0.2, 0) is 20.8 Å². The summed E-state index contributed by atoms with van der Waals surface area (Å²) in [5.74, 6) is -0.00196. The minimum absolute atomic E-state index is 0.00196. The molecular weight excluding hydrogens is 284 g/mol. The number of nitrogens with one attached hydrogen (secondary N) is 1. The average molecular weight is 304 g/mol. The number of nitrogens with zero attached hydrogens (tertiary/aromatic N) is 1. The molecule has 6 nitrogen and oxygen atoms in total. The van der Waals surface area contributed by atoms with Crippen LogP contribution >= 0.6 is 0 Å². The van der Waals surface area contributed by atoms with Crippen molar-refractivity contribution in [2.24, 2.45) is 0 Å². The van der Waals surface area contributed by atoms with Gasteiger partial charge < -0.3 is 14.8 Å². The number of hydrogen-bond donors (Lipinski definition) is 1. The van der Waals surface area contributed by atoms with Crippen molar-refractivity contribution in [1.82, 2.24) is 5.32 Å². The fourth-order valence-corrected chi connectivity index (χ4v) is 2.75. The third kappa shape index (κ3) is 3.57. The van der Waals surface area contributed by atoms with Gasteiger partial charge in [-0.25, -0.2) is 4.79 Å². The highest BCUT2D eigenvalue weighted by Crippen LogP contribution is 2.20. The Morgan fingerprint density at radius 1 is 1.36 bits per heavy atom. The molecule has 2 heterocycles. The van der Waals surface area contributed by atoms with E-state index in [1.165, 1.54) is 0 Å². The second kappa shape index (κ2) is 6.79. The Hall–Kier alpha value is -2.08. The molecule has 0 aliphatic carbocycles. The van der Waals surface area contributed by atoms with E-state index in [1.54, 1.807) is 4.90 Å². The van der Waals surface area contributed by atoms with Crippen LogP contribution in [0, 0.1) is 0 Å². The van der Waals surface area contributed by atoms with Gasteiger partial charge >= 0.3 is 6.09 Å². The molecule has 0 spiro atoms. The molecule has 1 N–H and O–H groups in total. The lowest BCUT2D eigenvalue weighted by Gasteiger charge is -2.14.